The number of halogens is 2. The van der Waals surface area contributed by atoms with Crippen LogP contribution in [0.3, 0.4) is 0 Å². The van der Waals surface area contributed by atoms with Gasteiger partial charge in [-0.05, 0) is 59.1 Å². The molecular weight excluding hydrogens is 547 g/mol. The molecule has 12 heteroatoms. The molecule has 188 valence electrons. The first kappa shape index (κ1) is 24.4. The molecule has 0 bridgehead atoms. The Labute approximate surface area is 218 Å². The van der Waals surface area contributed by atoms with Crippen molar-refractivity contribution in [3.05, 3.63) is 87.4 Å². The smallest absolute Gasteiger partial charge is 0.350 e. The molecule has 37 heavy (non-hydrogen) atoms. The Morgan fingerprint density at radius 3 is 2.62 bits per heavy atom. The summed E-state index contributed by atoms with van der Waals surface area (Å²) in [6.07, 6.45) is 3.17. The molecule has 0 radical (unpaired) electrons. The van der Waals surface area contributed by atoms with Gasteiger partial charge in [0.2, 0.25) is 11.7 Å². The first-order valence-corrected chi connectivity index (χ1v) is 12.1. The van der Waals surface area contributed by atoms with Crippen LogP contribution in [-0.4, -0.2) is 31.1 Å². The molecule has 0 atom stereocenters. The fourth-order valence-corrected chi connectivity index (χ4v) is 3.96. The van der Waals surface area contributed by atoms with Gasteiger partial charge >= 0.3 is 5.69 Å². The molecule has 2 aromatic carbocycles. The number of para-hydroxylation sites is 1. The fraction of sp³-hybridized carbons (Fsp3) is 0.160. The number of hydrogen-bond acceptors (Lipinski definition) is 6. The monoisotopic (exact) mass is 566 g/mol. The molecule has 2 aromatic heterocycles. The Bertz CT molecular complexity index is 1580. The van der Waals surface area contributed by atoms with E-state index < -0.39 is 17.4 Å². The van der Waals surface area contributed by atoms with Crippen molar-refractivity contribution in [3.63, 3.8) is 0 Å². The summed E-state index contributed by atoms with van der Waals surface area (Å²) < 4.78 is 23.2. The van der Waals surface area contributed by atoms with Crippen LogP contribution in [0.2, 0.25) is 0 Å². The molecular formula is C25H20BrFN6O4. The second kappa shape index (κ2) is 9.97. The van der Waals surface area contributed by atoms with Gasteiger partial charge in [0.1, 0.15) is 11.6 Å². The fourth-order valence-electron chi connectivity index (χ4n) is 3.51. The highest BCUT2D eigenvalue weighted by atomic mass is 79.9. The van der Waals surface area contributed by atoms with Crippen molar-refractivity contribution in [2.75, 3.05) is 10.6 Å². The molecule has 1 saturated carbocycles. The van der Waals surface area contributed by atoms with Gasteiger partial charge in [-0.15, -0.1) is 5.10 Å². The third-order valence-electron chi connectivity index (χ3n) is 5.61. The summed E-state index contributed by atoms with van der Waals surface area (Å²) >= 11 is 3.37. The number of hydrogen-bond donors (Lipinski definition) is 2. The number of rotatable bonds is 7. The predicted octanol–water partition coefficient (Wildman–Crippen LogP) is 4.26. The SMILES string of the molecule is Cn1c(C(=O)Nc2ccc(Oc3ccnc(NC(=O)C4CC4)c3)c(F)c2)nn(-c2ccccc2Br)c1=O. The van der Waals surface area contributed by atoms with Crippen molar-refractivity contribution in [2.24, 2.45) is 13.0 Å². The zero-order chi connectivity index (χ0) is 26.1. The maximum absolute atomic E-state index is 14.8. The van der Waals surface area contributed by atoms with Crippen molar-refractivity contribution in [1.82, 2.24) is 19.3 Å². The molecule has 1 aliphatic rings. The number of aromatic nitrogens is 4. The summed E-state index contributed by atoms with van der Waals surface area (Å²) in [5.74, 6) is -1.16. The van der Waals surface area contributed by atoms with E-state index in [4.69, 9.17) is 4.74 Å². The number of ether oxygens (including phenoxy) is 1. The molecule has 2 N–H and O–H groups in total. The molecule has 0 saturated heterocycles. The van der Waals surface area contributed by atoms with Gasteiger partial charge in [0.05, 0.1) is 5.69 Å². The number of nitrogens with one attached hydrogen (secondary N) is 2. The van der Waals surface area contributed by atoms with Crippen molar-refractivity contribution < 1.29 is 18.7 Å². The minimum atomic E-state index is -0.731. The minimum Gasteiger partial charge on any atom is -0.454 e. The molecule has 1 fully saturated rings. The molecule has 2 amide bonds. The maximum Gasteiger partial charge on any atom is 0.350 e. The van der Waals surface area contributed by atoms with Gasteiger partial charge in [-0.25, -0.2) is 14.2 Å². The highest BCUT2D eigenvalue weighted by Gasteiger charge is 2.29. The summed E-state index contributed by atoms with van der Waals surface area (Å²) in [5, 5.41) is 9.40. The van der Waals surface area contributed by atoms with Gasteiger partial charge in [-0.3, -0.25) is 14.2 Å². The number of carbonyl (C=O) groups excluding carboxylic acids is 2. The van der Waals surface area contributed by atoms with E-state index in [1.54, 1.807) is 24.3 Å². The molecule has 2 heterocycles. The predicted molar refractivity (Wildman–Crippen MR) is 137 cm³/mol. The van der Waals surface area contributed by atoms with Crippen LogP contribution in [-0.2, 0) is 11.8 Å². The zero-order valence-corrected chi connectivity index (χ0v) is 21.0. The van der Waals surface area contributed by atoms with Crippen LogP contribution in [0.5, 0.6) is 11.5 Å². The number of amides is 2. The number of pyridine rings is 1. The van der Waals surface area contributed by atoms with Crippen LogP contribution < -0.4 is 21.1 Å². The van der Waals surface area contributed by atoms with E-state index >= 15 is 0 Å². The highest BCUT2D eigenvalue weighted by Crippen LogP contribution is 2.31. The van der Waals surface area contributed by atoms with Crippen LogP contribution in [0.4, 0.5) is 15.9 Å². The Morgan fingerprint density at radius 2 is 1.89 bits per heavy atom. The van der Waals surface area contributed by atoms with Gasteiger partial charge in [-0.1, -0.05) is 12.1 Å². The van der Waals surface area contributed by atoms with E-state index in [1.807, 2.05) is 0 Å². The molecule has 5 rings (SSSR count). The zero-order valence-electron chi connectivity index (χ0n) is 19.4. The summed E-state index contributed by atoms with van der Waals surface area (Å²) in [7, 11) is 1.42. The van der Waals surface area contributed by atoms with Crippen molar-refractivity contribution in [3.8, 4) is 17.2 Å². The maximum atomic E-state index is 14.8. The minimum absolute atomic E-state index is 0.0166. The van der Waals surface area contributed by atoms with Gasteiger partial charge in [-0.2, -0.15) is 4.68 Å². The Morgan fingerprint density at radius 1 is 1.11 bits per heavy atom. The van der Waals surface area contributed by atoms with Gasteiger partial charge in [0, 0.05) is 41.5 Å². The van der Waals surface area contributed by atoms with E-state index in [0.717, 1.165) is 28.2 Å². The second-order valence-electron chi connectivity index (χ2n) is 8.37. The highest BCUT2D eigenvalue weighted by molar-refractivity contribution is 9.10. The Balaban J connectivity index is 1.30. The van der Waals surface area contributed by atoms with Crippen LogP contribution in [0.25, 0.3) is 5.69 Å². The summed E-state index contributed by atoms with van der Waals surface area (Å²) in [6, 6.07) is 13.9. The lowest BCUT2D eigenvalue weighted by atomic mass is 10.2. The van der Waals surface area contributed by atoms with Gasteiger partial charge in [0.25, 0.3) is 5.91 Å². The molecule has 1 aliphatic carbocycles. The molecule has 0 spiro atoms. The Kier molecular flexibility index (Phi) is 6.57. The summed E-state index contributed by atoms with van der Waals surface area (Å²) in [5.41, 5.74) is 0.0999. The summed E-state index contributed by atoms with van der Waals surface area (Å²) in [4.78, 5) is 41.5. The second-order valence-corrected chi connectivity index (χ2v) is 9.22. The van der Waals surface area contributed by atoms with Gasteiger partial charge in [0.15, 0.2) is 11.6 Å². The Hall–Kier alpha value is -4.32. The van der Waals surface area contributed by atoms with E-state index in [1.165, 1.54) is 37.5 Å². The van der Waals surface area contributed by atoms with Crippen LogP contribution in [0.1, 0.15) is 23.5 Å². The van der Waals surface area contributed by atoms with Crippen molar-refractivity contribution in [1.29, 1.82) is 0 Å². The first-order valence-electron chi connectivity index (χ1n) is 11.3. The van der Waals surface area contributed by atoms with E-state index in [9.17, 15) is 18.8 Å². The van der Waals surface area contributed by atoms with Crippen LogP contribution in [0, 0.1) is 11.7 Å². The number of anilines is 2. The van der Waals surface area contributed by atoms with Crippen LogP contribution >= 0.6 is 15.9 Å². The van der Waals surface area contributed by atoms with Gasteiger partial charge < -0.3 is 15.4 Å². The lowest BCUT2D eigenvalue weighted by Gasteiger charge is -2.10. The third-order valence-corrected chi connectivity index (χ3v) is 6.28. The van der Waals surface area contributed by atoms with E-state index in [-0.39, 0.29) is 34.8 Å². The summed E-state index contributed by atoms with van der Waals surface area (Å²) in [6.45, 7) is 0. The average molecular weight is 567 g/mol. The average Bonchev–Trinajstić information content (AvgIpc) is 3.68. The number of benzene rings is 2. The van der Waals surface area contributed by atoms with Crippen molar-refractivity contribution in [2.45, 2.75) is 12.8 Å². The lowest BCUT2D eigenvalue weighted by Crippen LogP contribution is -2.24. The largest absolute Gasteiger partial charge is 0.454 e. The molecule has 0 unspecified atom stereocenters. The standard InChI is InChI=1S/C25H20BrFN6O4/c1-32-22(31-33(25(32)36)19-5-3-2-4-17(19)26)24(35)29-15-8-9-20(18(27)12-15)37-16-10-11-28-21(13-16)30-23(34)14-6-7-14/h2-5,8-14H,6-7H2,1H3,(H,29,35)(H,28,30,34). The lowest BCUT2D eigenvalue weighted by molar-refractivity contribution is -0.117. The topological polar surface area (TPSA) is 120 Å². The molecule has 0 aliphatic heterocycles. The number of carbonyl (C=O) groups is 2. The molecule has 10 nitrogen and oxygen atoms in total. The number of nitrogens with zero attached hydrogens (tertiary/aromatic N) is 4. The third kappa shape index (κ3) is 5.28. The quantitative estimate of drug-likeness (QED) is 0.345. The first-order chi connectivity index (χ1) is 17.8. The normalized spacial score (nSPS) is 12.7. The van der Waals surface area contributed by atoms with E-state index in [0.29, 0.717) is 16.0 Å². The van der Waals surface area contributed by atoms with E-state index in [2.05, 4.69) is 36.6 Å². The van der Waals surface area contributed by atoms with Crippen molar-refractivity contribution >= 4 is 39.2 Å². The van der Waals surface area contributed by atoms with Crippen LogP contribution in [0.15, 0.2) is 70.1 Å². The molecule has 4 aromatic rings.